The summed E-state index contributed by atoms with van der Waals surface area (Å²) in [5.74, 6) is 5.29. The first-order chi connectivity index (χ1) is 10.0. The highest BCUT2D eigenvalue weighted by atomic mass is 16.5. The van der Waals surface area contributed by atoms with Gasteiger partial charge in [0.1, 0.15) is 23.3 Å². The highest BCUT2D eigenvalue weighted by Crippen LogP contribution is 2.16. The van der Waals surface area contributed by atoms with E-state index in [0.29, 0.717) is 23.2 Å². The quantitative estimate of drug-likeness (QED) is 0.552. The van der Waals surface area contributed by atoms with Gasteiger partial charge in [0.2, 0.25) is 0 Å². The molecule has 2 aromatic rings. The Kier molecular flexibility index (Phi) is 3.90. The Hall–Kier alpha value is -3.27. The molecule has 0 saturated heterocycles. The predicted molar refractivity (Wildman–Crippen MR) is 75.9 cm³/mol. The van der Waals surface area contributed by atoms with Gasteiger partial charge in [0.15, 0.2) is 5.82 Å². The molecular weight excluding hydrogens is 272 g/mol. The van der Waals surface area contributed by atoms with E-state index in [1.807, 2.05) is 0 Å². The second-order valence-electron chi connectivity index (χ2n) is 4.09. The Labute approximate surface area is 120 Å². The van der Waals surface area contributed by atoms with Crippen LogP contribution < -0.4 is 16.2 Å². The molecule has 0 atom stereocenters. The average molecular weight is 284 g/mol. The van der Waals surface area contributed by atoms with Crippen molar-refractivity contribution in [3.8, 4) is 17.6 Å². The van der Waals surface area contributed by atoms with Crippen molar-refractivity contribution < 1.29 is 14.3 Å². The van der Waals surface area contributed by atoms with Gasteiger partial charge in [0.05, 0.1) is 7.11 Å². The molecular formula is C14H12N4O3. The summed E-state index contributed by atoms with van der Waals surface area (Å²) in [6, 6.07) is 4.83. The Morgan fingerprint density at radius 2 is 2.14 bits per heavy atom. The van der Waals surface area contributed by atoms with Gasteiger partial charge in [-0.25, -0.2) is 0 Å². The number of aromatic amines is 1. The largest absolute Gasteiger partial charge is 0.497 e. The normalized spacial score (nSPS) is 9.57. The lowest BCUT2D eigenvalue weighted by Crippen LogP contribution is -2.13. The second-order valence-corrected chi connectivity index (χ2v) is 4.09. The van der Waals surface area contributed by atoms with Gasteiger partial charge in [0, 0.05) is 11.1 Å². The van der Waals surface area contributed by atoms with Gasteiger partial charge in [-0.15, -0.1) is 0 Å². The first-order valence-corrected chi connectivity index (χ1v) is 5.85. The van der Waals surface area contributed by atoms with E-state index in [1.54, 1.807) is 18.2 Å². The molecule has 0 radical (unpaired) electrons. The van der Waals surface area contributed by atoms with E-state index in [-0.39, 0.29) is 17.1 Å². The molecule has 0 aliphatic rings. The van der Waals surface area contributed by atoms with Crippen molar-refractivity contribution in [3.63, 3.8) is 0 Å². The summed E-state index contributed by atoms with van der Waals surface area (Å²) >= 11 is 0. The molecule has 2 rings (SSSR count). The number of hydrogen-bond donors (Lipinski definition) is 3. The van der Waals surface area contributed by atoms with Crippen molar-refractivity contribution in [2.75, 3.05) is 12.8 Å². The number of aromatic nitrogens is 2. The minimum absolute atomic E-state index is 0.00831. The molecule has 21 heavy (non-hydrogen) atoms. The lowest BCUT2D eigenvalue weighted by atomic mass is 10.1. The SMILES string of the molecule is COc1cc(C#Cc2[nH]nc(N)c2C(N)=O)cc(C=O)c1. The van der Waals surface area contributed by atoms with E-state index >= 15 is 0 Å². The molecule has 0 bridgehead atoms. The number of ether oxygens (including phenoxy) is 1. The van der Waals surface area contributed by atoms with Crippen molar-refractivity contribution in [3.05, 3.63) is 40.6 Å². The predicted octanol–water partition coefficient (Wildman–Crippen LogP) is 0.312. The highest BCUT2D eigenvalue weighted by Gasteiger charge is 2.14. The van der Waals surface area contributed by atoms with Crippen molar-refractivity contribution in [1.29, 1.82) is 0 Å². The average Bonchev–Trinajstić information content (AvgIpc) is 2.85. The number of nitrogens with two attached hydrogens (primary N) is 2. The fraction of sp³-hybridized carbons (Fsp3) is 0.0714. The van der Waals surface area contributed by atoms with Crippen LogP contribution in [-0.2, 0) is 0 Å². The van der Waals surface area contributed by atoms with Gasteiger partial charge in [-0.2, -0.15) is 5.10 Å². The summed E-state index contributed by atoms with van der Waals surface area (Å²) in [5.41, 5.74) is 12.0. The van der Waals surface area contributed by atoms with Crippen LogP contribution in [0.5, 0.6) is 5.75 Å². The minimum Gasteiger partial charge on any atom is -0.497 e. The number of aldehydes is 1. The van der Waals surface area contributed by atoms with Crippen molar-refractivity contribution in [1.82, 2.24) is 10.2 Å². The summed E-state index contributed by atoms with van der Waals surface area (Å²) in [5, 5.41) is 6.22. The molecule has 0 aliphatic heterocycles. The number of carbonyl (C=O) groups excluding carboxylic acids is 2. The van der Waals surface area contributed by atoms with Crippen LogP contribution in [0.25, 0.3) is 0 Å². The topological polar surface area (TPSA) is 124 Å². The first-order valence-electron chi connectivity index (χ1n) is 5.85. The fourth-order valence-electron chi connectivity index (χ4n) is 1.71. The molecule has 7 nitrogen and oxygen atoms in total. The molecule has 0 saturated carbocycles. The van der Waals surface area contributed by atoms with Crippen molar-refractivity contribution in [2.45, 2.75) is 0 Å². The second kappa shape index (κ2) is 5.79. The van der Waals surface area contributed by atoms with Crippen LogP contribution >= 0.6 is 0 Å². The highest BCUT2D eigenvalue weighted by molar-refractivity contribution is 5.99. The number of anilines is 1. The van der Waals surface area contributed by atoms with Gasteiger partial charge < -0.3 is 16.2 Å². The van der Waals surface area contributed by atoms with Crippen LogP contribution in [0.3, 0.4) is 0 Å². The van der Waals surface area contributed by atoms with E-state index in [0.717, 1.165) is 0 Å². The van der Waals surface area contributed by atoms with Crippen molar-refractivity contribution in [2.24, 2.45) is 5.73 Å². The molecule has 106 valence electrons. The van der Waals surface area contributed by atoms with E-state index in [1.165, 1.54) is 7.11 Å². The van der Waals surface area contributed by atoms with Crippen molar-refractivity contribution >= 4 is 18.0 Å². The van der Waals surface area contributed by atoms with E-state index in [9.17, 15) is 9.59 Å². The van der Waals surface area contributed by atoms with Gasteiger partial charge in [-0.1, -0.05) is 5.92 Å². The minimum atomic E-state index is -0.718. The standard InChI is InChI=1S/C14H12N4O3/c1-21-10-5-8(4-9(6-10)7-19)2-3-11-12(14(16)20)13(15)18-17-11/h4-7H,1H3,(H2,16,20)(H3,15,17,18). The van der Waals surface area contributed by atoms with Crippen LogP contribution in [-0.4, -0.2) is 29.5 Å². The molecule has 1 amide bonds. The van der Waals surface area contributed by atoms with Crippen LogP contribution in [0.4, 0.5) is 5.82 Å². The Morgan fingerprint density at radius 3 is 2.76 bits per heavy atom. The zero-order valence-electron chi connectivity index (χ0n) is 11.1. The summed E-state index contributed by atoms with van der Waals surface area (Å²) in [7, 11) is 1.49. The zero-order valence-corrected chi connectivity index (χ0v) is 11.1. The van der Waals surface area contributed by atoms with Crippen LogP contribution in [0.15, 0.2) is 18.2 Å². The van der Waals surface area contributed by atoms with E-state index in [2.05, 4.69) is 22.0 Å². The number of primary amides is 1. The lowest BCUT2D eigenvalue weighted by molar-refractivity contribution is 0.100. The number of methoxy groups -OCH3 is 1. The molecule has 0 aliphatic carbocycles. The van der Waals surface area contributed by atoms with E-state index in [4.69, 9.17) is 16.2 Å². The third kappa shape index (κ3) is 3.01. The van der Waals surface area contributed by atoms with E-state index < -0.39 is 5.91 Å². The van der Waals surface area contributed by atoms with Crippen LogP contribution in [0.1, 0.15) is 32.0 Å². The number of H-pyrrole nitrogens is 1. The van der Waals surface area contributed by atoms with Gasteiger partial charge >= 0.3 is 0 Å². The zero-order chi connectivity index (χ0) is 15.4. The van der Waals surface area contributed by atoms with Crippen LogP contribution in [0.2, 0.25) is 0 Å². The number of amides is 1. The maximum Gasteiger partial charge on any atom is 0.255 e. The summed E-state index contributed by atoms with van der Waals surface area (Å²) in [6.45, 7) is 0. The molecule has 1 aromatic carbocycles. The summed E-state index contributed by atoms with van der Waals surface area (Å²) in [4.78, 5) is 22.1. The number of nitrogen functional groups attached to an aromatic ring is 1. The smallest absolute Gasteiger partial charge is 0.255 e. The number of nitrogens with zero attached hydrogens (tertiary/aromatic N) is 1. The fourth-order valence-corrected chi connectivity index (χ4v) is 1.71. The molecule has 5 N–H and O–H groups in total. The maximum absolute atomic E-state index is 11.3. The van der Waals surface area contributed by atoms with Gasteiger partial charge in [-0.05, 0) is 24.1 Å². The summed E-state index contributed by atoms with van der Waals surface area (Å²) < 4.78 is 5.07. The first kappa shape index (κ1) is 14.1. The third-order valence-electron chi connectivity index (χ3n) is 2.67. The number of carbonyl (C=O) groups is 2. The Bertz CT molecular complexity index is 768. The molecule has 1 heterocycles. The molecule has 7 heteroatoms. The number of nitrogens with one attached hydrogen (secondary N) is 1. The Balaban J connectivity index is 2.44. The molecule has 1 aromatic heterocycles. The summed E-state index contributed by atoms with van der Waals surface area (Å²) in [6.07, 6.45) is 0.691. The van der Waals surface area contributed by atoms with Gasteiger partial charge in [-0.3, -0.25) is 14.7 Å². The third-order valence-corrected chi connectivity index (χ3v) is 2.67. The molecule has 0 fully saturated rings. The molecule has 0 unspecified atom stereocenters. The number of hydrogen-bond acceptors (Lipinski definition) is 5. The maximum atomic E-state index is 11.3. The Morgan fingerprint density at radius 1 is 1.38 bits per heavy atom. The monoisotopic (exact) mass is 284 g/mol. The molecule has 0 spiro atoms. The van der Waals surface area contributed by atoms with Crippen LogP contribution in [0, 0.1) is 11.8 Å². The lowest BCUT2D eigenvalue weighted by Gasteiger charge is -2.01. The number of rotatable bonds is 3. The number of benzene rings is 1. The van der Waals surface area contributed by atoms with Gasteiger partial charge in [0.25, 0.3) is 5.91 Å².